The van der Waals surface area contributed by atoms with Crippen LogP contribution < -0.4 is 16.6 Å². The number of nitrogens with zero attached hydrogens (tertiary/aromatic N) is 7. The molecule has 1 aromatic carbocycles. The van der Waals surface area contributed by atoms with Crippen molar-refractivity contribution in [1.29, 1.82) is 0 Å². The Hall–Kier alpha value is -4.96. The first kappa shape index (κ1) is 26.3. The molecule has 5 heterocycles. The second kappa shape index (κ2) is 10.9. The Morgan fingerprint density at radius 2 is 2.20 bits per heavy atom. The van der Waals surface area contributed by atoms with Crippen molar-refractivity contribution in [2.24, 2.45) is 4.99 Å². The zero-order valence-electron chi connectivity index (χ0n) is 22.3. The lowest BCUT2D eigenvalue weighted by Gasteiger charge is -2.20. The molecule has 6 rings (SSSR count). The summed E-state index contributed by atoms with van der Waals surface area (Å²) in [6, 6.07) is 6.48. The van der Waals surface area contributed by atoms with Crippen LogP contribution in [-0.2, 0) is 13.0 Å². The first-order chi connectivity index (χ1) is 19.9. The van der Waals surface area contributed by atoms with Crippen molar-refractivity contribution in [2.75, 3.05) is 12.3 Å². The van der Waals surface area contributed by atoms with Crippen molar-refractivity contribution >= 4 is 45.1 Å². The largest absolute Gasteiger partial charge is 0.381 e. The van der Waals surface area contributed by atoms with Gasteiger partial charge >= 0.3 is 0 Å². The number of anilines is 1. The zero-order chi connectivity index (χ0) is 28.5. The molecule has 1 amide bonds. The molecule has 1 aliphatic rings. The topological polar surface area (TPSA) is 161 Å². The van der Waals surface area contributed by atoms with E-state index in [1.807, 2.05) is 19.1 Å². The second-order valence-corrected chi connectivity index (χ2v) is 10.9. The molecule has 0 saturated heterocycles. The Morgan fingerprint density at radius 3 is 2.98 bits per heavy atom. The van der Waals surface area contributed by atoms with Crippen LogP contribution in [0.25, 0.3) is 16.6 Å². The highest BCUT2D eigenvalue weighted by Gasteiger charge is 2.24. The molecule has 1 aliphatic heterocycles. The number of amides is 1. The minimum atomic E-state index is -0.651. The fourth-order valence-electron chi connectivity index (χ4n) is 4.77. The fraction of sp³-hybridized carbons (Fsp3) is 0.250. The quantitative estimate of drug-likeness (QED) is 0.264. The molecular formula is C28H26N10O2S. The molecule has 12 nitrogen and oxygen atoms in total. The average Bonchev–Trinajstić information content (AvgIpc) is 3.70. The van der Waals surface area contributed by atoms with Gasteiger partial charge in [-0.15, -0.1) is 5.10 Å². The van der Waals surface area contributed by atoms with Crippen LogP contribution in [-0.4, -0.2) is 56.9 Å². The molecule has 0 radical (unpaired) electrons. The average molecular weight is 567 g/mol. The fourth-order valence-corrected chi connectivity index (χ4v) is 5.59. The standard InChI is InChI=1S/C28H26N10O2S/c1-16(34-27(39)23-24(29)36-38-11-4-10-31-26(23)38)25-35-21-6-3-5-18(7-8-20-14-32-17(2)41-20)22(21)28(40)37(25)12-9-19-13-30-15-33-19/h3-6,10-11,13,15-16,20H,9,12,14H2,1-2H3,(H2,29,36)(H,30,33)(H,34,39). The Balaban J connectivity index is 1.39. The SMILES string of the molecule is CC1=NCC(C#Cc2cccc3nc(C(C)NC(=O)c4c(N)nn5cccnc45)n(CCc4c[nH]cn4)c(=O)c23)S1. The van der Waals surface area contributed by atoms with Crippen LogP contribution in [0.3, 0.4) is 0 Å². The van der Waals surface area contributed by atoms with Gasteiger partial charge in [0, 0.05) is 37.1 Å². The number of carbonyl (C=O) groups excluding carboxylic acids is 1. The first-order valence-corrected chi connectivity index (χ1v) is 13.9. The number of benzene rings is 1. The number of thioether (sulfide) groups is 1. The summed E-state index contributed by atoms with van der Waals surface area (Å²) in [6.45, 7) is 4.67. The van der Waals surface area contributed by atoms with Crippen LogP contribution in [0.4, 0.5) is 5.82 Å². The predicted molar refractivity (Wildman–Crippen MR) is 158 cm³/mol. The van der Waals surface area contributed by atoms with E-state index in [1.54, 1.807) is 60.3 Å². The van der Waals surface area contributed by atoms with Gasteiger partial charge in [0.2, 0.25) is 0 Å². The zero-order valence-corrected chi connectivity index (χ0v) is 23.1. The number of aromatic nitrogens is 7. The maximum atomic E-state index is 14.1. The summed E-state index contributed by atoms with van der Waals surface area (Å²) in [5.41, 5.74) is 8.21. The number of nitrogens with two attached hydrogens (primary N) is 1. The van der Waals surface area contributed by atoms with Crippen molar-refractivity contribution in [1.82, 2.24) is 39.4 Å². The summed E-state index contributed by atoms with van der Waals surface area (Å²) in [5, 5.41) is 8.60. The Morgan fingerprint density at radius 1 is 1.32 bits per heavy atom. The summed E-state index contributed by atoms with van der Waals surface area (Å²) >= 11 is 1.62. The molecule has 0 saturated carbocycles. The van der Waals surface area contributed by atoms with Crippen LogP contribution in [0.15, 0.2) is 59.0 Å². The lowest BCUT2D eigenvalue weighted by Crippen LogP contribution is -2.34. The van der Waals surface area contributed by atoms with Crippen molar-refractivity contribution in [3.05, 3.63) is 82.2 Å². The molecule has 0 fully saturated rings. The molecular weight excluding hydrogens is 540 g/mol. The number of fused-ring (bicyclic) bond motifs is 2. The van der Waals surface area contributed by atoms with Gasteiger partial charge in [-0.2, -0.15) is 0 Å². The maximum absolute atomic E-state index is 14.1. The third kappa shape index (κ3) is 5.17. The van der Waals surface area contributed by atoms with Crippen LogP contribution in [0.5, 0.6) is 0 Å². The molecule has 5 aromatic rings. The number of nitrogen functional groups attached to an aromatic ring is 1. The number of H-pyrrole nitrogens is 1. The van der Waals surface area contributed by atoms with Gasteiger partial charge in [0.1, 0.15) is 11.4 Å². The van der Waals surface area contributed by atoms with Gasteiger partial charge in [0.15, 0.2) is 11.5 Å². The molecule has 206 valence electrons. The molecule has 0 spiro atoms. The number of nitrogens with one attached hydrogen (secondary N) is 2. The summed E-state index contributed by atoms with van der Waals surface area (Å²) in [6.07, 6.45) is 7.09. The van der Waals surface area contributed by atoms with Gasteiger partial charge in [-0.1, -0.05) is 29.7 Å². The minimum absolute atomic E-state index is 0.0523. The summed E-state index contributed by atoms with van der Waals surface area (Å²) in [4.78, 5) is 48.2. The van der Waals surface area contributed by atoms with E-state index < -0.39 is 11.9 Å². The highest BCUT2D eigenvalue weighted by atomic mass is 32.2. The number of aliphatic imine (C=N–C) groups is 1. The van der Waals surface area contributed by atoms with Crippen molar-refractivity contribution in [3.63, 3.8) is 0 Å². The molecule has 2 atom stereocenters. The van der Waals surface area contributed by atoms with Crippen molar-refractivity contribution in [2.45, 2.75) is 38.1 Å². The maximum Gasteiger partial charge on any atom is 0.262 e. The molecule has 0 aliphatic carbocycles. The van der Waals surface area contributed by atoms with Crippen LogP contribution in [0, 0.1) is 11.8 Å². The van der Waals surface area contributed by atoms with Gasteiger partial charge in [0.05, 0.1) is 45.8 Å². The van der Waals surface area contributed by atoms with E-state index in [4.69, 9.17) is 10.7 Å². The van der Waals surface area contributed by atoms with E-state index in [0.717, 1.165) is 10.7 Å². The van der Waals surface area contributed by atoms with E-state index in [9.17, 15) is 9.59 Å². The second-order valence-electron chi connectivity index (χ2n) is 9.52. The van der Waals surface area contributed by atoms with E-state index in [-0.39, 0.29) is 22.2 Å². The number of aromatic amines is 1. The van der Waals surface area contributed by atoms with Crippen molar-refractivity contribution in [3.8, 4) is 11.8 Å². The predicted octanol–water partition coefficient (Wildman–Crippen LogP) is 2.36. The molecule has 0 bridgehead atoms. The Kier molecular flexibility index (Phi) is 6.98. The third-order valence-electron chi connectivity index (χ3n) is 6.70. The monoisotopic (exact) mass is 566 g/mol. The Labute approximate surface area is 238 Å². The lowest BCUT2D eigenvalue weighted by atomic mass is 10.1. The number of imidazole rings is 1. The van der Waals surface area contributed by atoms with Gasteiger partial charge in [-0.3, -0.25) is 19.1 Å². The molecule has 4 aromatic heterocycles. The van der Waals surface area contributed by atoms with Gasteiger partial charge in [0.25, 0.3) is 11.5 Å². The van der Waals surface area contributed by atoms with Crippen LogP contribution in [0.1, 0.15) is 47.3 Å². The summed E-state index contributed by atoms with van der Waals surface area (Å²) < 4.78 is 3.03. The number of aryl methyl sites for hydroxylation is 1. The summed E-state index contributed by atoms with van der Waals surface area (Å²) in [7, 11) is 0. The highest BCUT2D eigenvalue weighted by molar-refractivity contribution is 8.14. The van der Waals surface area contributed by atoms with E-state index in [0.29, 0.717) is 47.4 Å². The Bertz CT molecular complexity index is 1930. The normalized spacial score (nSPS) is 15.5. The number of rotatable bonds is 6. The van der Waals surface area contributed by atoms with Crippen LogP contribution >= 0.6 is 11.8 Å². The molecule has 4 N–H and O–H groups in total. The third-order valence-corrected chi connectivity index (χ3v) is 7.73. The van der Waals surface area contributed by atoms with E-state index in [2.05, 4.69) is 42.2 Å². The molecule has 2 unspecified atom stereocenters. The van der Waals surface area contributed by atoms with E-state index in [1.165, 1.54) is 4.52 Å². The minimum Gasteiger partial charge on any atom is -0.381 e. The van der Waals surface area contributed by atoms with Crippen molar-refractivity contribution < 1.29 is 4.79 Å². The number of hydrogen-bond donors (Lipinski definition) is 3. The molecule has 13 heteroatoms. The van der Waals surface area contributed by atoms with Crippen LogP contribution in [0.2, 0.25) is 0 Å². The first-order valence-electron chi connectivity index (χ1n) is 13.0. The lowest BCUT2D eigenvalue weighted by molar-refractivity contribution is 0.0939. The highest BCUT2D eigenvalue weighted by Crippen LogP contribution is 2.22. The number of hydrogen-bond acceptors (Lipinski definition) is 9. The van der Waals surface area contributed by atoms with Gasteiger partial charge in [-0.05, 0) is 32.0 Å². The van der Waals surface area contributed by atoms with Gasteiger partial charge < -0.3 is 16.0 Å². The van der Waals surface area contributed by atoms with Gasteiger partial charge in [-0.25, -0.2) is 19.5 Å². The smallest absolute Gasteiger partial charge is 0.262 e. The number of carbonyl (C=O) groups is 1. The summed E-state index contributed by atoms with van der Waals surface area (Å²) in [5.74, 6) is 6.43. The van der Waals surface area contributed by atoms with E-state index >= 15 is 0 Å². The molecule has 41 heavy (non-hydrogen) atoms.